The minimum absolute atomic E-state index is 0.00288. The topological polar surface area (TPSA) is 105 Å². The highest BCUT2D eigenvalue weighted by Gasteiger charge is 2.31. The second-order valence-corrected chi connectivity index (χ2v) is 6.54. The fraction of sp³-hybridized carbons (Fsp3) is 0. The van der Waals surface area contributed by atoms with Gasteiger partial charge < -0.3 is 18.9 Å². The predicted octanol–water partition coefficient (Wildman–Crippen LogP) is 4.03. The molecule has 0 aromatic heterocycles. The van der Waals surface area contributed by atoms with Crippen LogP contribution in [0, 0.1) is 5.82 Å². The van der Waals surface area contributed by atoms with E-state index in [4.69, 9.17) is 9.47 Å². The van der Waals surface area contributed by atoms with Gasteiger partial charge in [0.05, 0.1) is 22.3 Å². The van der Waals surface area contributed by atoms with E-state index in [1.54, 1.807) is 0 Å². The maximum atomic E-state index is 14.5. The molecule has 8 nitrogen and oxygen atoms in total. The van der Waals surface area contributed by atoms with E-state index in [0.717, 1.165) is 6.07 Å². The molecule has 2 aliphatic rings. The molecule has 2 heterocycles. The third kappa shape index (κ3) is 3.08. The molecule has 2 aliphatic heterocycles. The van der Waals surface area contributed by atoms with Crippen molar-refractivity contribution in [2.75, 3.05) is 0 Å². The van der Waals surface area contributed by atoms with Gasteiger partial charge in [0.25, 0.3) is 0 Å². The van der Waals surface area contributed by atoms with Crippen LogP contribution >= 0.6 is 0 Å². The molecule has 9 heteroatoms. The Morgan fingerprint density at radius 3 is 1.71 bits per heavy atom. The van der Waals surface area contributed by atoms with Gasteiger partial charge in [0.1, 0.15) is 11.5 Å². The zero-order chi connectivity index (χ0) is 21.7. The van der Waals surface area contributed by atoms with Crippen molar-refractivity contribution in [3.63, 3.8) is 0 Å². The van der Waals surface area contributed by atoms with Crippen molar-refractivity contribution >= 4 is 23.9 Å². The molecule has 5 rings (SSSR count). The Labute approximate surface area is 172 Å². The molecule has 3 aromatic carbocycles. The first-order valence-corrected chi connectivity index (χ1v) is 8.86. The highest BCUT2D eigenvalue weighted by molar-refractivity contribution is 6.15. The summed E-state index contributed by atoms with van der Waals surface area (Å²) >= 11 is 0. The largest absolute Gasteiger partial charge is 0.453 e. The lowest BCUT2D eigenvalue weighted by molar-refractivity contribution is 0.0425. The van der Waals surface area contributed by atoms with Crippen molar-refractivity contribution in [1.29, 1.82) is 0 Å². The second-order valence-electron chi connectivity index (χ2n) is 6.54. The number of hydrogen-bond acceptors (Lipinski definition) is 8. The number of esters is 4. The molecule has 0 aliphatic carbocycles. The van der Waals surface area contributed by atoms with E-state index in [1.807, 2.05) is 0 Å². The van der Waals surface area contributed by atoms with Gasteiger partial charge in [0.15, 0.2) is 11.6 Å². The van der Waals surface area contributed by atoms with E-state index in [1.165, 1.54) is 48.5 Å². The Morgan fingerprint density at radius 1 is 0.613 bits per heavy atom. The molecule has 3 aromatic rings. The Kier molecular flexibility index (Phi) is 4.04. The van der Waals surface area contributed by atoms with Crippen LogP contribution in [0.4, 0.5) is 4.39 Å². The number of cyclic esters (lactones) is 4. The Morgan fingerprint density at radius 2 is 1.13 bits per heavy atom. The van der Waals surface area contributed by atoms with Gasteiger partial charge in [-0.2, -0.15) is 0 Å². The molecule has 0 amide bonds. The lowest BCUT2D eigenvalue weighted by Crippen LogP contribution is -1.97. The molecule has 0 N–H and O–H groups in total. The van der Waals surface area contributed by atoms with Crippen molar-refractivity contribution < 1.29 is 42.5 Å². The lowest BCUT2D eigenvalue weighted by atomic mass is 10.1. The summed E-state index contributed by atoms with van der Waals surface area (Å²) in [6.07, 6.45) is 0. The SMILES string of the molecule is O=C1OC(=O)c2cc(Oc3cccc(F)c3Oc3ccc4c(c3)C(=O)OC4=O)ccc21. The Hall–Kier alpha value is -4.53. The second kappa shape index (κ2) is 6.77. The summed E-state index contributed by atoms with van der Waals surface area (Å²) in [7, 11) is 0. The molecule has 0 bridgehead atoms. The van der Waals surface area contributed by atoms with Crippen LogP contribution in [0.1, 0.15) is 41.4 Å². The smallest absolute Gasteiger partial charge is 0.347 e. The Bertz CT molecular complexity index is 1330. The molecule has 31 heavy (non-hydrogen) atoms. The summed E-state index contributed by atoms with van der Waals surface area (Å²) in [6.45, 7) is 0. The first kappa shape index (κ1) is 18.5. The van der Waals surface area contributed by atoms with E-state index in [2.05, 4.69) is 9.47 Å². The molecule has 0 spiro atoms. The number of ether oxygens (including phenoxy) is 4. The molecule has 0 unspecified atom stereocenters. The van der Waals surface area contributed by atoms with Crippen molar-refractivity contribution in [3.05, 3.63) is 82.7 Å². The van der Waals surface area contributed by atoms with Crippen LogP contribution in [-0.2, 0) is 9.47 Å². The fourth-order valence-electron chi connectivity index (χ4n) is 3.17. The van der Waals surface area contributed by atoms with E-state index in [-0.39, 0.29) is 45.3 Å². The van der Waals surface area contributed by atoms with Crippen molar-refractivity contribution in [2.24, 2.45) is 0 Å². The van der Waals surface area contributed by atoms with Crippen LogP contribution in [-0.4, -0.2) is 23.9 Å². The number of hydrogen-bond donors (Lipinski definition) is 0. The zero-order valence-corrected chi connectivity index (χ0v) is 15.3. The van der Waals surface area contributed by atoms with E-state index < -0.39 is 29.7 Å². The van der Waals surface area contributed by atoms with Gasteiger partial charge in [-0.25, -0.2) is 23.6 Å². The number of carbonyl (C=O) groups excluding carboxylic acids is 4. The molecular weight excluding hydrogens is 411 g/mol. The number of rotatable bonds is 4. The standard InChI is InChI=1S/C22H9FO8/c23-16-2-1-3-17(28-10-4-6-12-14(8-10)21(26)30-19(12)24)18(16)29-11-5-7-13-15(9-11)22(27)31-20(13)25/h1-9H. The predicted molar refractivity (Wildman–Crippen MR) is 98.9 cm³/mol. The third-order valence-electron chi connectivity index (χ3n) is 4.61. The van der Waals surface area contributed by atoms with Crippen LogP contribution in [0.2, 0.25) is 0 Å². The average molecular weight is 420 g/mol. The van der Waals surface area contributed by atoms with Crippen molar-refractivity contribution in [1.82, 2.24) is 0 Å². The summed E-state index contributed by atoms with van der Waals surface area (Å²) < 4.78 is 34.8. The lowest BCUT2D eigenvalue weighted by Gasteiger charge is -2.13. The quantitative estimate of drug-likeness (QED) is 0.460. The maximum absolute atomic E-state index is 14.5. The number of carbonyl (C=O) groups is 4. The number of para-hydroxylation sites is 1. The first-order chi connectivity index (χ1) is 14.9. The summed E-state index contributed by atoms with van der Waals surface area (Å²) in [5, 5.41) is 0. The van der Waals surface area contributed by atoms with E-state index >= 15 is 0 Å². The minimum Gasteiger partial charge on any atom is -0.453 e. The summed E-state index contributed by atoms with van der Waals surface area (Å²) in [4.78, 5) is 46.6. The number of benzene rings is 3. The summed E-state index contributed by atoms with van der Waals surface area (Å²) in [5.74, 6) is -4.02. The highest BCUT2D eigenvalue weighted by atomic mass is 19.1. The normalized spacial score (nSPS) is 14.1. The molecule has 0 radical (unpaired) electrons. The van der Waals surface area contributed by atoms with Crippen LogP contribution in [0.15, 0.2) is 54.6 Å². The van der Waals surface area contributed by atoms with Crippen LogP contribution < -0.4 is 9.47 Å². The monoisotopic (exact) mass is 420 g/mol. The van der Waals surface area contributed by atoms with Gasteiger partial charge >= 0.3 is 23.9 Å². The molecule has 152 valence electrons. The molecule has 0 fully saturated rings. The first-order valence-electron chi connectivity index (χ1n) is 8.86. The number of fused-ring (bicyclic) bond motifs is 2. The van der Waals surface area contributed by atoms with Gasteiger partial charge in [-0.05, 0) is 48.5 Å². The maximum Gasteiger partial charge on any atom is 0.347 e. The third-order valence-corrected chi connectivity index (χ3v) is 4.61. The average Bonchev–Trinajstić information content (AvgIpc) is 3.19. The van der Waals surface area contributed by atoms with Gasteiger partial charge in [0.2, 0.25) is 5.75 Å². The molecule has 0 saturated carbocycles. The van der Waals surface area contributed by atoms with E-state index in [9.17, 15) is 23.6 Å². The molecule has 0 atom stereocenters. The molecule has 0 saturated heterocycles. The van der Waals surface area contributed by atoms with Gasteiger partial charge in [0, 0.05) is 0 Å². The van der Waals surface area contributed by atoms with Crippen molar-refractivity contribution in [3.8, 4) is 23.0 Å². The highest BCUT2D eigenvalue weighted by Crippen LogP contribution is 2.38. The zero-order valence-electron chi connectivity index (χ0n) is 15.3. The minimum atomic E-state index is -0.824. The summed E-state index contributed by atoms with van der Waals surface area (Å²) in [5.41, 5.74) is 0.223. The van der Waals surface area contributed by atoms with Gasteiger partial charge in [-0.1, -0.05) is 6.07 Å². The van der Waals surface area contributed by atoms with Crippen molar-refractivity contribution in [2.45, 2.75) is 0 Å². The number of halogens is 1. The van der Waals surface area contributed by atoms with Crippen LogP contribution in [0.25, 0.3) is 0 Å². The van der Waals surface area contributed by atoms with Crippen LogP contribution in [0.3, 0.4) is 0 Å². The fourth-order valence-corrected chi connectivity index (χ4v) is 3.17. The van der Waals surface area contributed by atoms with E-state index in [0.29, 0.717) is 0 Å². The molecular formula is C22H9FO8. The van der Waals surface area contributed by atoms with Gasteiger partial charge in [-0.15, -0.1) is 0 Å². The van der Waals surface area contributed by atoms with Crippen LogP contribution in [0.5, 0.6) is 23.0 Å². The van der Waals surface area contributed by atoms with Gasteiger partial charge in [-0.3, -0.25) is 0 Å². The Balaban J connectivity index is 1.47. The summed E-state index contributed by atoms with van der Waals surface area (Å²) in [6, 6.07) is 12.0.